The topological polar surface area (TPSA) is 76.1 Å². The van der Waals surface area contributed by atoms with Gasteiger partial charge in [-0.1, -0.05) is 35.9 Å². The first-order valence-electron chi connectivity index (χ1n) is 13.4. The van der Waals surface area contributed by atoms with E-state index < -0.39 is 17.1 Å². The normalized spacial score (nSPS) is 27.9. The summed E-state index contributed by atoms with van der Waals surface area (Å²) < 4.78 is 28.3. The van der Waals surface area contributed by atoms with E-state index in [4.69, 9.17) is 28.3 Å². The van der Waals surface area contributed by atoms with Crippen LogP contribution in [-0.2, 0) is 15.0 Å². The number of piperazine rings is 1. The number of nitrogens with one attached hydrogen (secondary N) is 1. The lowest BCUT2D eigenvalue weighted by Gasteiger charge is -2.55. The lowest BCUT2D eigenvalue weighted by molar-refractivity contribution is -0.127. The van der Waals surface area contributed by atoms with Crippen LogP contribution >= 0.6 is 23.2 Å². The average molecular weight is 598 g/mol. The zero-order chi connectivity index (χ0) is 29.2. The van der Waals surface area contributed by atoms with Gasteiger partial charge in [-0.15, -0.1) is 0 Å². The molecule has 1 spiro atoms. The second kappa shape index (κ2) is 12.3. The van der Waals surface area contributed by atoms with Gasteiger partial charge in [0.1, 0.15) is 11.6 Å². The summed E-state index contributed by atoms with van der Waals surface area (Å²) in [5.74, 6) is -1.40. The summed E-state index contributed by atoms with van der Waals surface area (Å²) in [6.07, 6.45) is 6.38. The molecule has 2 amide bonds. The molecule has 0 unspecified atom stereocenters. The molecule has 218 valence electrons. The third kappa shape index (κ3) is 5.59. The molecule has 4 aliphatic heterocycles. The number of anilines is 1. The number of carbonyl (C=O) groups excluding carboxylic acids is 2. The molecule has 3 saturated heterocycles. The first-order chi connectivity index (χ1) is 19.0. The van der Waals surface area contributed by atoms with Crippen molar-refractivity contribution in [1.82, 2.24) is 14.7 Å². The van der Waals surface area contributed by atoms with Crippen molar-refractivity contribution >= 4 is 41.2 Å². The van der Waals surface area contributed by atoms with E-state index in [1.165, 1.54) is 24.3 Å². The van der Waals surface area contributed by atoms with Crippen LogP contribution in [0, 0.1) is 11.7 Å². The number of hydrogen-bond acceptors (Lipinski definition) is 5. The Bertz CT molecular complexity index is 1220. The van der Waals surface area contributed by atoms with Crippen LogP contribution in [0.15, 0.2) is 47.8 Å². The molecule has 1 aromatic rings. The van der Waals surface area contributed by atoms with Gasteiger partial charge in [0.05, 0.1) is 22.1 Å². The van der Waals surface area contributed by atoms with E-state index in [0.29, 0.717) is 24.2 Å². The Labute approximate surface area is 244 Å². The Morgan fingerprint density at radius 3 is 2.58 bits per heavy atom. The van der Waals surface area contributed by atoms with Crippen LogP contribution in [0.3, 0.4) is 0 Å². The maximum Gasteiger partial charge on any atom is 0.237 e. The smallest absolute Gasteiger partial charge is 0.237 e. The highest BCUT2D eigenvalue weighted by atomic mass is 35.5. The molecule has 5 rings (SSSR count). The van der Waals surface area contributed by atoms with Crippen molar-refractivity contribution < 1.29 is 23.5 Å². The lowest BCUT2D eigenvalue weighted by atomic mass is 9.63. The minimum absolute atomic E-state index is 0.0207. The second-order valence-corrected chi connectivity index (χ2v) is 12.1. The number of aliphatic hydroxyl groups is 1. The summed E-state index contributed by atoms with van der Waals surface area (Å²) in [6, 6.07) is 2.83. The molecule has 0 aromatic heterocycles. The highest BCUT2D eigenvalue weighted by molar-refractivity contribution is 6.31. The second-order valence-electron chi connectivity index (χ2n) is 11.3. The van der Waals surface area contributed by atoms with Gasteiger partial charge in [-0.2, -0.15) is 0 Å². The van der Waals surface area contributed by atoms with Crippen LogP contribution in [0.2, 0.25) is 5.02 Å². The zero-order valence-corrected chi connectivity index (χ0v) is 24.3. The van der Waals surface area contributed by atoms with E-state index in [-0.39, 0.29) is 40.1 Å². The van der Waals surface area contributed by atoms with E-state index in [9.17, 15) is 18.4 Å². The van der Waals surface area contributed by atoms with Crippen LogP contribution in [0.5, 0.6) is 0 Å². The Balaban J connectivity index is 0.000000283. The number of benzene rings is 1. The summed E-state index contributed by atoms with van der Waals surface area (Å²) in [5.41, 5.74) is 0.276. The van der Waals surface area contributed by atoms with Gasteiger partial charge in [-0.05, 0) is 62.5 Å². The fraction of sp³-hybridized carbons (Fsp3) is 0.517. The highest BCUT2D eigenvalue weighted by Gasteiger charge is 2.69. The number of β-amino-alcohol motifs (C(OH)–C–C–N with tert-alkyl or cyclic N) is 1. The molecule has 1 aromatic carbocycles. The van der Waals surface area contributed by atoms with Crippen molar-refractivity contribution in [3.63, 3.8) is 0 Å². The third-order valence-corrected chi connectivity index (χ3v) is 9.25. The number of allylic oxidation sites excluding steroid dienone is 5. The minimum atomic E-state index is -0.886. The lowest BCUT2D eigenvalue weighted by Crippen LogP contribution is -2.65. The van der Waals surface area contributed by atoms with E-state index >= 15 is 0 Å². The molecular formula is C29H36Cl2F2N4O3. The van der Waals surface area contributed by atoms with Gasteiger partial charge < -0.3 is 15.3 Å². The molecule has 4 heterocycles. The van der Waals surface area contributed by atoms with Crippen molar-refractivity contribution in [2.24, 2.45) is 5.92 Å². The van der Waals surface area contributed by atoms with E-state index in [1.54, 1.807) is 11.0 Å². The molecule has 40 heavy (non-hydrogen) atoms. The van der Waals surface area contributed by atoms with Gasteiger partial charge in [0.2, 0.25) is 12.3 Å². The molecule has 4 aliphatic rings. The number of hydrogen-bond donors (Lipinski definition) is 2. The van der Waals surface area contributed by atoms with Crippen molar-refractivity contribution in [2.75, 3.05) is 51.2 Å². The molecule has 3 fully saturated rings. The number of carbonyl (C=O) groups is 2. The summed E-state index contributed by atoms with van der Waals surface area (Å²) >= 11 is 11.7. The number of aliphatic hydroxyl groups excluding tert-OH is 1. The van der Waals surface area contributed by atoms with Gasteiger partial charge in [0, 0.05) is 56.5 Å². The first-order valence-corrected chi connectivity index (χ1v) is 14.2. The van der Waals surface area contributed by atoms with Gasteiger partial charge in [0.25, 0.3) is 0 Å². The number of nitrogens with zero attached hydrogens (tertiary/aromatic N) is 3. The van der Waals surface area contributed by atoms with E-state index in [2.05, 4.69) is 35.5 Å². The predicted octanol–water partition coefficient (Wildman–Crippen LogP) is 4.46. The quantitative estimate of drug-likeness (QED) is 0.359. The maximum absolute atomic E-state index is 14.4. The average Bonchev–Trinajstić information content (AvgIpc) is 3.37. The van der Waals surface area contributed by atoms with Crippen LogP contribution in [0.25, 0.3) is 0 Å². The van der Waals surface area contributed by atoms with E-state index in [1.807, 2.05) is 0 Å². The molecule has 7 nitrogen and oxygen atoms in total. The molecule has 0 radical (unpaired) electrons. The SMILES string of the molecule is C=C/C(Cl)=C(F)\C=C/C[C@H]1CN2[C@H](CC2(C)C)[C@]12C(=O)Nc1cc(Cl)c(F)cc12.O=CN1CCN(CCO)CC1. The maximum atomic E-state index is 14.4. The van der Waals surface area contributed by atoms with Crippen molar-refractivity contribution in [3.05, 3.63) is 64.2 Å². The number of fused-ring (bicyclic) bond motifs is 4. The molecule has 0 aliphatic carbocycles. The van der Waals surface area contributed by atoms with Gasteiger partial charge in [-0.25, -0.2) is 8.78 Å². The number of amides is 2. The standard InChI is InChI=1S/C22H22Cl2F2N2O.C7H14N2O2/c1-4-14(23)16(25)7-5-6-12-11-28-19(10-21(28,2)3)22(12)13-8-17(26)15(24)9-18(13)27-20(22)29;10-6-5-8-1-3-9(7-11)4-2-8/h4-5,7-9,12,19H,1,6,10-11H2,2-3H3,(H,27,29);7,10H,1-6H2/b7-5-,16-14-;/t12-,19+,22-;/m0./s1. The third-order valence-electron chi connectivity index (χ3n) is 8.63. The Hall–Kier alpha value is -2.30. The number of halogens is 4. The largest absolute Gasteiger partial charge is 0.395 e. The van der Waals surface area contributed by atoms with Crippen molar-refractivity contribution in [2.45, 2.75) is 43.7 Å². The molecule has 0 saturated carbocycles. The molecule has 11 heteroatoms. The van der Waals surface area contributed by atoms with Crippen LogP contribution < -0.4 is 5.32 Å². The molecular weight excluding hydrogens is 561 g/mol. The van der Waals surface area contributed by atoms with Gasteiger partial charge >= 0.3 is 0 Å². The van der Waals surface area contributed by atoms with Crippen LogP contribution in [0.1, 0.15) is 32.3 Å². The first kappa shape index (κ1) is 30.7. The molecule has 0 bridgehead atoms. The predicted molar refractivity (Wildman–Crippen MR) is 154 cm³/mol. The van der Waals surface area contributed by atoms with Crippen molar-refractivity contribution in [1.29, 1.82) is 0 Å². The molecule has 3 atom stereocenters. The monoisotopic (exact) mass is 596 g/mol. The fourth-order valence-corrected chi connectivity index (χ4v) is 6.76. The Kier molecular flexibility index (Phi) is 9.42. The summed E-state index contributed by atoms with van der Waals surface area (Å²) in [4.78, 5) is 29.8. The fourth-order valence-electron chi connectivity index (χ4n) is 6.53. The highest BCUT2D eigenvalue weighted by Crippen LogP contribution is 2.60. The zero-order valence-electron chi connectivity index (χ0n) is 22.8. The summed E-state index contributed by atoms with van der Waals surface area (Å²) in [7, 11) is 0. The van der Waals surface area contributed by atoms with Crippen LogP contribution in [-0.4, -0.2) is 89.6 Å². The Morgan fingerprint density at radius 1 is 1.27 bits per heavy atom. The minimum Gasteiger partial charge on any atom is -0.395 e. The van der Waals surface area contributed by atoms with Gasteiger partial charge in [0.15, 0.2) is 0 Å². The van der Waals surface area contributed by atoms with Gasteiger partial charge in [-0.3, -0.25) is 19.4 Å². The molecule has 2 N–H and O–H groups in total. The van der Waals surface area contributed by atoms with Crippen LogP contribution in [0.4, 0.5) is 14.5 Å². The Morgan fingerprint density at radius 2 is 1.98 bits per heavy atom. The summed E-state index contributed by atoms with van der Waals surface area (Å²) in [6.45, 7) is 12.7. The summed E-state index contributed by atoms with van der Waals surface area (Å²) in [5, 5.41) is 11.4. The number of rotatable bonds is 7. The van der Waals surface area contributed by atoms with E-state index in [0.717, 1.165) is 45.6 Å². The van der Waals surface area contributed by atoms with Crippen molar-refractivity contribution in [3.8, 4) is 0 Å².